The minimum atomic E-state index is -0.469. The molecule has 138 valence electrons. The molecule has 3 aromatic heterocycles. The van der Waals surface area contributed by atoms with E-state index in [9.17, 15) is 9.18 Å². The Labute approximate surface area is 157 Å². The molecule has 28 heavy (non-hydrogen) atoms. The number of halogens is 1. The SMILES string of the molecule is Nc1ncnn2c(-c3ccc4c(c3)oc(=O)n4Cc3ccc(F)cc3)ccc12. The highest BCUT2D eigenvalue weighted by Crippen LogP contribution is 2.27. The predicted molar refractivity (Wildman–Crippen MR) is 102 cm³/mol. The smallest absolute Gasteiger partial charge is 0.408 e. The van der Waals surface area contributed by atoms with E-state index in [4.69, 9.17) is 10.2 Å². The van der Waals surface area contributed by atoms with Crippen molar-refractivity contribution >= 4 is 22.4 Å². The molecule has 0 aliphatic carbocycles. The lowest BCUT2D eigenvalue weighted by atomic mass is 10.1. The normalized spacial score (nSPS) is 11.5. The molecule has 0 saturated heterocycles. The van der Waals surface area contributed by atoms with E-state index in [1.165, 1.54) is 23.0 Å². The average Bonchev–Trinajstić information content (AvgIpc) is 3.25. The highest BCUT2D eigenvalue weighted by molar-refractivity contribution is 5.81. The summed E-state index contributed by atoms with van der Waals surface area (Å²) in [5.74, 6) is -0.399. The van der Waals surface area contributed by atoms with Crippen LogP contribution in [0.25, 0.3) is 27.9 Å². The van der Waals surface area contributed by atoms with Gasteiger partial charge in [0.1, 0.15) is 17.7 Å². The Kier molecular flexibility index (Phi) is 3.51. The fourth-order valence-corrected chi connectivity index (χ4v) is 3.32. The Hall–Kier alpha value is -3.94. The van der Waals surface area contributed by atoms with Crippen molar-refractivity contribution in [3.8, 4) is 11.3 Å². The topological polar surface area (TPSA) is 91.3 Å². The number of anilines is 1. The molecule has 8 heteroatoms. The third kappa shape index (κ3) is 2.54. The van der Waals surface area contributed by atoms with Crippen molar-refractivity contribution in [3.05, 3.63) is 82.9 Å². The fraction of sp³-hybridized carbons (Fsp3) is 0.0500. The molecule has 0 unspecified atom stereocenters. The van der Waals surface area contributed by atoms with Gasteiger partial charge in [-0.05, 0) is 42.0 Å². The molecule has 0 aliphatic heterocycles. The summed E-state index contributed by atoms with van der Waals surface area (Å²) >= 11 is 0. The van der Waals surface area contributed by atoms with E-state index in [-0.39, 0.29) is 5.82 Å². The number of fused-ring (bicyclic) bond motifs is 2. The van der Waals surface area contributed by atoms with Gasteiger partial charge < -0.3 is 10.2 Å². The lowest BCUT2D eigenvalue weighted by Crippen LogP contribution is -2.14. The van der Waals surface area contributed by atoms with Gasteiger partial charge in [-0.15, -0.1) is 0 Å². The molecular formula is C20H14FN5O2. The van der Waals surface area contributed by atoms with Gasteiger partial charge in [0.05, 0.1) is 17.8 Å². The summed E-state index contributed by atoms with van der Waals surface area (Å²) in [4.78, 5) is 16.3. The van der Waals surface area contributed by atoms with Crippen LogP contribution in [0.2, 0.25) is 0 Å². The number of hydrogen-bond donors (Lipinski definition) is 1. The second-order valence-corrected chi connectivity index (χ2v) is 6.42. The van der Waals surface area contributed by atoms with Gasteiger partial charge in [-0.3, -0.25) is 4.57 Å². The van der Waals surface area contributed by atoms with Crippen molar-refractivity contribution in [3.63, 3.8) is 0 Å². The molecule has 0 bridgehead atoms. The van der Waals surface area contributed by atoms with Crippen molar-refractivity contribution in [2.45, 2.75) is 6.54 Å². The second-order valence-electron chi connectivity index (χ2n) is 6.42. The van der Waals surface area contributed by atoms with Crippen molar-refractivity contribution in [2.24, 2.45) is 0 Å². The third-order valence-electron chi connectivity index (χ3n) is 4.70. The fourth-order valence-electron chi connectivity index (χ4n) is 3.32. The number of nitrogen functional groups attached to an aromatic ring is 1. The summed E-state index contributed by atoms with van der Waals surface area (Å²) in [5, 5.41) is 4.24. The average molecular weight is 375 g/mol. The van der Waals surface area contributed by atoms with E-state index in [0.29, 0.717) is 29.0 Å². The zero-order valence-electron chi connectivity index (χ0n) is 14.5. The summed E-state index contributed by atoms with van der Waals surface area (Å²) in [6, 6.07) is 15.2. The lowest BCUT2D eigenvalue weighted by molar-refractivity contribution is 0.517. The van der Waals surface area contributed by atoms with E-state index < -0.39 is 5.76 Å². The van der Waals surface area contributed by atoms with Gasteiger partial charge in [0.15, 0.2) is 11.4 Å². The largest absolute Gasteiger partial charge is 0.420 e. The molecule has 5 rings (SSSR count). The predicted octanol–water partition coefficient (Wildman–Crippen LogP) is 3.07. The van der Waals surface area contributed by atoms with Crippen molar-refractivity contribution in [1.82, 2.24) is 19.2 Å². The Bertz CT molecular complexity index is 1380. The third-order valence-corrected chi connectivity index (χ3v) is 4.70. The van der Waals surface area contributed by atoms with E-state index in [2.05, 4.69) is 10.1 Å². The van der Waals surface area contributed by atoms with Crippen molar-refractivity contribution in [1.29, 1.82) is 0 Å². The number of nitrogens with zero attached hydrogens (tertiary/aromatic N) is 4. The van der Waals surface area contributed by atoms with Crippen LogP contribution in [0.3, 0.4) is 0 Å². The Balaban J connectivity index is 1.60. The van der Waals surface area contributed by atoms with Crippen molar-refractivity contribution in [2.75, 3.05) is 5.73 Å². The highest BCUT2D eigenvalue weighted by atomic mass is 19.1. The number of nitrogens with two attached hydrogens (primary N) is 1. The summed E-state index contributed by atoms with van der Waals surface area (Å²) in [6.07, 6.45) is 1.39. The second kappa shape index (κ2) is 6.05. The Morgan fingerprint density at radius 3 is 2.64 bits per heavy atom. The molecule has 2 aromatic carbocycles. The van der Waals surface area contributed by atoms with E-state index in [1.807, 2.05) is 24.3 Å². The van der Waals surface area contributed by atoms with E-state index >= 15 is 0 Å². The van der Waals surface area contributed by atoms with Crippen LogP contribution < -0.4 is 11.5 Å². The standard InChI is InChI=1S/C20H14FN5O2/c21-14-4-1-12(2-5-14)10-25-16-6-3-13(9-18(16)28-20(25)27)15-7-8-17-19(22)23-11-24-26(15)17/h1-9,11H,10H2,(H2,22,23,24). The van der Waals surface area contributed by atoms with Crippen LogP contribution in [0.15, 0.2) is 70.1 Å². The van der Waals surface area contributed by atoms with Crippen LogP contribution in [0.4, 0.5) is 10.2 Å². The molecule has 3 heterocycles. The first-order valence-corrected chi connectivity index (χ1v) is 8.56. The van der Waals surface area contributed by atoms with Gasteiger partial charge in [0.2, 0.25) is 0 Å². The summed E-state index contributed by atoms with van der Waals surface area (Å²) < 4.78 is 21.8. The first kappa shape index (κ1) is 16.2. The van der Waals surface area contributed by atoms with Crippen LogP contribution in [-0.4, -0.2) is 19.2 Å². The van der Waals surface area contributed by atoms with E-state index in [1.54, 1.807) is 22.7 Å². The van der Waals surface area contributed by atoms with Gasteiger partial charge >= 0.3 is 5.76 Å². The minimum absolute atomic E-state index is 0.295. The molecular weight excluding hydrogens is 361 g/mol. The molecule has 0 saturated carbocycles. The van der Waals surface area contributed by atoms with E-state index in [0.717, 1.165) is 16.8 Å². The van der Waals surface area contributed by atoms with Crippen molar-refractivity contribution < 1.29 is 8.81 Å². The molecule has 0 spiro atoms. The molecule has 5 aromatic rings. The number of benzene rings is 2. The first-order valence-electron chi connectivity index (χ1n) is 8.56. The zero-order valence-corrected chi connectivity index (χ0v) is 14.5. The maximum Gasteiger partial charge on any atom is 0.420 e. The van der Waals surface area contributed by atoms with Crippen LogP contribution in [0.1, 0.15) is 5.56 Å². The molecule has 0 amide bonds. The van der Waals surface area contributed by atoms with Gasteiger partial charge in [-0.2, -0.15) is 5.10 Å². The van der Waals surface area contributed by atoms with Gasteiger partial charge in [-0.25, -0.2) is 18.7 Å². The first-order chi connectivity index (χ1) is 13.6. The summed E-state index contributed by atoms with van der Waals surface area (Å²) in [5.41, 5.74) is 10.1. The Morgan fingerprint density at radius 1 is 1.04 bits per heavy atom. The highest BCUT2D eigenvalue weighted by Gasteiger charge is 2.14. The molecule has 0 atom stereocenters. The molecule has 0 fully saturated rings. The number of oxazole rings is 1. The monoisotopic (exact) mass is 375 g/mol. The van der Waals surface area contributed by atoms with Crippen LogP contribution in [0, 0.1) is 5.82 Å². The minimum Gasteiger partial charge on any atom is -0.408 e. The van der Waals surface area contributed by atoms with Crippen LogP contribution >= 0.6 is 0 Å². The number of rotatable bonds is 3. The van der Waals surface area contributed by atoms with Gasteiger partial charge in [0.25, 0.3) is 0 Å². The van der Waals surface area contributed by atoms with Crippen LogP contribution in [-0.2, 0) is 6.54 Å². The maximum absolute atomic E-state index is 13.1. The Morgan fingerprint density at radius 2 is 1.82 bits per heavy atom. The summed E-state index contributed by atoms with van der Waals surface area (Å²) in [6.45, 7) is 0.295. The van der Waals surface area contributed by atoms with Gasteiger partial charge in [-0.1, -0.05) is 18.2 Å². The molecule has 2 N–H and O–H groups in total. The number of hydrogen-bond acceptors (Lipinski definition) is 5. The van der Waals surface area contributed by atoms with Crippen LogP contribution in [0.5, 0.6) is 0 Å². The quantitative estimate of drug-likeness (QED) is 0.523. The summed E-state index contributed by atoms with van der Waals surface area (Å²) in [7, 11) is 0. The maximum atomic E-state index is 13.1. The van der Waals surface area contributed by atoms with Gasteiger partial charge in [0, 0.05) is 5.56 Å². The molecule has 7 nitrogen and oxygen atoms in total. The lowest BCUT2D eigenvalue weighted by Gasteiger charge is -2.05. The molecule has 0 aliphatic rings. The number of aromatic nitrogens is 4. The molecule has 0 radical (unpaired) electrons. The zero-order chi connectivity index (χ0) is 19.3.